The van der Waals surface area contributed by atoms with Crippen molar-refractivity contribution < 1.29 is 0 Å². The van der Waals surface area contributed by atoms with Gasteiger partial charge in [-0.2, -0.15) is 9.78 Å². The first-order valence-electron chi connectivity index (χ1n) is 7.25. The summed E-state index contributed by atoms with van der Waals surface area (Å²) in [4.78, 5) is 14.6. The number of nitrogens with zero attached hydrogens (tertiary/aromatic N) is 3. The van der Waals surface area contributed by atoms with Crippen LogP contribution in [0, 0.1) is 5.92 Å². The van der Waals surface area contributed by atoms with Gasteiger partial charge in [-0.1, -0.05) is 36.7 Å². The molecule has 2 heterocycles. The number of anilines is 1. The second-order valence-electron chi connectivity index (χ2n) is 5.59. The smallest absolute Gasteiger partial charge is 0.292 e. The summed E-state index contributed by atoms with van der Waals surface area (Å²) < 4.78 is 1.35. The molecule has 4 nitrogen and oxygen atoms in total. The van der Waals surface area contributed by atoms with Gasteiger partial charge in [-0.25, -0.2) is 0 Å². The van der Waals surface area contributed by atoms with Gasteiger partial charge in [0.05, 0.1) is 17.6 Å². The number of benzene rings is 1. The monoisotopic (exact) mass is 303 g/mol. The SMILES string of the molecule is CC1CCCN(c2cnn(-c3ccccc3)c(=O)c2Cl)C1. The maximum atomic E-state index is 12.5. The fourth-order valence-corrected chi connectivity index (χ4v) is 3.05. The van der Waals surface area contributed by atoms with Crippen LogP contribution in [-0.4, -0.2) is 22.9 Å². The summed E-state index contributed by atoms with van der Waals surface area (Å²) >= 11 is 6.31. The predicted molar refractivity (Wildman–Crippen MR) is 85.5 cm³/mol. The van der Waals surface area contributed by atoms with Gasteiger partial charge in [-0.15, -0.1) is 0 Å². The molecule has 1 aliphatic heterocycles. The molecule has 0 aliphatic carbocycles. The lowest BCUT2D eigenvalue weighted by Crippen LogP contribution is -2.36. The zero-order chi connectivity index (χ0) is 14.8. The number of halogens is 1. The van der Waals surface area contributed by atoms with Gasteiger partial charge in [-0.3, -0.25) is 4.79 Å². The van der Waals surface area contributed by atoms with E-state index in [1.165, 1.54) is 11.1 Å². The topological polar surface area (TPSA) is 38.1 Å². The zero-order valence-corrected chi connectivity index (χ0v) is 12.8. The van der Waals surface area contributed by atoms with Crippen LogP contribution in [-0.2, 0) is 0 Å². The van der Waals surface area contributed by atoms with Gasteiger partial charge in [0.15, 0.2) is 0 Å². The van der Waals surface area contributed by atoms with Crippen molar-refractivity contribution in [1.82, 2.24) is 9.78 Å². The van der Waals surface area contributed by atoms with Gasteiger partial charge < -0.3 is 4.90 Å². The molecule has 110 valence electrons. The number of rotatable bonds is 2. The van der Waals surface area contributed by atoms with Crippen molar-refractivity contribution in [2.75, 3.05) is 18.0 Å². The highest BCUT2D eigenvalue weighted by atomic mass is 35.5. The lowest BCUT2D eigenvalue weighted by atomic mass is 10.00. The summed E-state index contributed by atoms with van der Waals surface area (Å²) in [5.41, 5.74) is 1.21. The standard InChI is InChI=1S/C16H18ClN3O/c1-12-6-5-9-19(11-12)14-10-18-20(16(21)15(14)17)13-7-3-2-4-8-13/h2-4,7-8,10,12H,5-6,9,11H2,1H3. The van der Waals surface area contributed by atoms with Crippen LogP contribution >= 0.6 is 11.6 Å². The molecular weight excluding hydrogens is 286 g/mol. The van der Waals surface area contributed by atoms with E-state index in [0.717, 1.165) is 30.9 Å². The summed E-state index contributed by atoms with van der Waals surface area (Å²) in [5, 5.41) is 4.54. The Hall–Kier alpha value is -1.81. The number of hydrogen-bond acceptors (Lipinski definition) is 3. The van der Waals surface area contributed by atoms with Crippen LogP contribution in [0.15, 0.2) is 41.3 Å². The second-order valence-corrected chi connectivity index (χ2v) is 5.97. The summed E-state index contributed by atoms with van der Waals surface area (Å²) in [6, 6.07) is 9.33. The average Bonchev–Trinajstić information content (AvgIpc) is 2.51. The molecule has 1 fully saturated rings. The second kappa shape index (κ2) is 5.90. The van der Waals surface area contributed by atoms with Gasteiger partial charge in [0.25, 0.3) is 5.56 Å². The van der Waals surface area contributed by atoms with Crippen molar-refractivity contribution >= 4 is 17.3 Å². The predicted octanol–water partition coefficient (Wildman–Crippen LogP) is 3.12. The number of piperidine rings is 1. The summed E-state index contributed by atoms with van der Waals surface area (Å²) in [6.45, 7) is 4.08. The molecule has 1 saturated heterocycles. The van der Waals surface area contributed by atoms with E-state index in [4.69, 9.17) is 11.6 Å². The van der Waals surface area contributed by atoms with Gasteiger partial charge in [0.1, 0.15) is 5.02 Å². The highest BCUT2D eigenvalue weighted by Gasteiger charge is 2.21. The molecule has 0 N–H and O–H groups in total. The fourth-order valence-electron chi connectivity index (χ4n) is 2.81. The maximum absolute atomic E-state index is 12.5. The van der Waals surface area contributed by atoms with E-state index in [1.807, 2.05) is 30.3 Å². The number of aromatic nitrogens is 2. The molecule has 0 radical (unpaired) electrons. The Kier molecular flexibility index (Phi) is 3.97. The molecule has 0 saturated carbocycles. The number of para-hydroxylation sites is 1. The fraction of sp³-hybridized carbons (Fsp3) is 0.375. The van der Waals surface area contributed by atoms with Crippen LogP contribution < -0.4 is 10.5 Å². The first kappa shape index (κ1) is 14.1. The molecule has 0 bridgehead atoms. The van der Waals surface area contributed by atoms with E-state index in [2.05, 4.69) is 16.9 Å². The van der Waals surface area contributed by atoms with E-state index in [9.17, 15) is 4.79 Å². The van der Waals surface area contributed by atoms with Crippen LogP contribution in [0.2, 0.25) is 5.02 Å². The van der Waals surface area contributed by atoms with Gasteiger partial charge in [-0.05, 0) is 30.9 Å². The third-order valence-corrected chi connectivity index (χ3v) is 4.25. The Morgan fingerprint density at radius 3 is 2.76 bits per heavy atom. The summed E-state index contributed by atoms with van der Waals surface area (Å²) in [6.07, 6.45) is 4.05. The molecule has 3 rings (SSSR count). The average molecular weight is 304 g/mol. The minimum absolute atomic E-state index is 0.253. The minimum Gasteiger partial charge on any atom is -0.369 e. The van der Waals surface area contributed by atoms with Crippen molar-refractivity contribution in [2.45, 2.75) is 19.8 Å². The Bertz CT molecular complexity index is 684. The van der Waals surface area contributed by atoms with Crippen LogP contribution in [0.5, 0.6) is 0 Å². The molecule has 0 amide bonds. The van der Waals surface area contributed by atoms with E-state index in [-0.39, 0.29) is 10.6 Å². The van der Waals surface area contributed by atoms with Crippen molar-refractivity contribution in [2.24, 2.45) is 5.92 Å². The van der Waals surface area contributed by atoms with E-state index in [1.54, 1.807) is 6.20 Å². The Morgan fingerprint density at radius 2 is 2.05 bits per heavy atom. The molecular formula is C16H18ClN3O. The molecule has 1 atom stereocenters. The van der Waals surface area contributed by atoms with Crippen LogP contribution in [0.25, 0.3) is 5.69 Å². The lowest BCUT2D eigenvalue weighted by molar-refractivity contribution is 0.446. The van der Waals surface area contributed by atoms with Crippen LogP contribution in [0.3, 0.4) is 0 Å². The molecule has 0 spiro atoms. The lowest BCUT2D eigenvalue weighted by Gasteiger charge is -2.32. The van der Waals surface area contributed by atoms with E-state index < -0.39 is 0 Å². The van der Waals surface area contributed by atoms with E-state index in [0.29, 0.717) is 5.92 Å². The first-order valence-corrected chi connectivity index (χ1v) is 7.63. The van der Waals surface area contributed by atoms with Crippen LogP contribution in [0.4, 0.5) is 5.69 Å². The van der Waals surface area contributed by atoms with Crippen molar-refractivity contribution in [3.8, 4) is 5.69 Å². The van der Waals surface area contributed by atoms with Crippen molar-refractivity contribution in [3.05, 3.63) is 51.9 Å². The van der Waals surface area contributed by atoms with Crippen molar-refractivity contribution in [3.63, 3.8) is 0 Å². The molecule has 2 aromatic rings. The molecule has 21 heavy (non-hydrogen) atoms. The minimum atomic E-state index is -0.265. The summed E-state index contributed by atoms with van der Waals surface area (Å²) in [5.74, 6) is 0.617. The Balaban J connectivity index is 1.99. The third kappa shape index (κ3) is 2.81. The van der Waals surface area contributed by atoms with Gasteiger partial charge >= 0.3 is 0 Å². The number of hydrogen-bond donors (Lipinski definition) is 0. The first-order chi connectivity index (χ1) is 10.2. The van der Waals surface area contributed by atoms with E-state index >= 15 is 0 Å². The third-order valence-electron chi connectivity index (χ3n) is 3.90. The zero-order valence-electron chi connectivity index (χ0n) is 12.0. The molecule has 1 aliphatic rings. The molecule has 5 heteroatoms. The Labute approximate surface area is 129 Å². The largest absolute Gasteiger partial charge is 0.369 e. The van der Waals surface area contributed by atoms with Gasteiger partial charge in [0, 0.05) is 13.1 Å². The van der Waals surface area contributed by atoms with Crippen LogP contribution in [0.1, 0.15) is 19.8 Å². The maximum Gasteiger partial charge on any atom is 0.292 e. The molecule has 1 unspecified atom stereocenters. The Morgan fingerprint density at radius 1 is 1.29 bits per heavy atom. The highest BCUT2D eigenvalue weighted by molar-refractivity contribution is 6.33. The highest BCUT2D eigenvalue weighted by Crippen LogP contribution is 2.26. The van der Waals surface area contributed by atoms with Crippen molar-refractivity contribution in [1.29, 1.82) is 0 Å². The normalized spacial score (nSPS) is 18.8. The van der Waals surface area contributed by atoms with Gasteiger partial charge in [0.2, 0.25) is 0 Å². The molecule has 1 aromatic heterocycles. The summed E-state index contributed by atoms with van der Waals surface area (Å²) in [7, 11) is 0. The molecule has 1 aromatic carbocycles. The quantitative estimate of drug-likeness (QED) is 0.855.